The van der Waals surface area contributed by atoms with Crippen LogP contribution in [0.3, 0.4) is 0 Å². The monoisotopic (exact) mass is 238 g/mol. The molecule has 90 valence electrons. The predicted molar refractivity (Wildman–Crippen MR) is 56.1 cm³/mol. The summed E-state index contributed by atoms with van der Waals surface area (Å²) in [5, 5.41) is 11.1. The highest BCUT2D eigenvalue weighted by Crippen LogP contribution is 2.14. The fraction of sp³-hybridized carbons (Fsp3) is 1.00. The van der Waals surface area contributed by atoms with Crippen molar-refractivity contribution in [3.05, 3.63) is 0 Å². The lowest BCUT2D eigenvalue weighted by molar-refractivity contribution is 0.118. The van der Waals surface area contributed by atoms with E-state index in [1.165, 1.54) is 6.92 Å². The molecule has 2 atom stereocenters. The van der Waals surface area contributed by atoms with Crippen LogP contribution in [-0.4, -0.2) is 60.6 Å². The molecule has 0 amide bonds. The fourth-order valence-electron chi connectivity index (χ4n) is 1.84. The summed E-state index contributed by atoms with van der Waals surface area (Å²) < 4.78 is 31.0. The number of aliphatic hydroxyl groups is 1. The minimum atomic E-state index is -4.04. The molecule has 0 aromatic rings. The molecule has 0 radical (unpaired) electrons. The zero-order valence-electron chi connectivity index (χ0n) is 8.76. The first-order valence-electron chi connectivity index (χ1n) is 5.00. The van der Waals surface area contributed by atoms with Crippen molar-refractivity contribution in [1.82, 2.24) is 10.2 Å². The minimum Gasteiger partial charge on any atom is -0.396 e. The second kappa shape index (κ2) is 5.22. The Hall–Kier alpha value is -0.210. The average Bonchev–Trinajstić information content (AvgIpc) is 2.17. The standard InChI is InChI=1S/C8H18N2O4S/c1-7(15(12,13)14)10-4-3-9-6-8(10)2-5-11/h7-9,11H,2-6H2,1H3,(H,12,13,14). The smallest absolute Gasteiger partial charge is 0.280 e. The van der Waals surface area contributed by atoms with Crippen LogP contribution in [0.2, 0.25) is 0 Å². The lowest BCUT2D eigenvalue weighted by Crippen LogP contribution is -2.56. The molecule has 0 spiro atoms. The van der Waals surface area contributed by atoms with Crippen LogP contribution in [0.25, 0.3) is 0 Å². The molecule has 0 bridgehead atoms. The summed E-state index contributed by atoms with van der Waals surface area (Å²) in [5.74, 6) is 0. The Kier molecular flexibility index (Phi) is 4.47. The zero-order valence-corrected chi connectivity index (χ0v) is 9.57. The Morgan fingerprint density at radius 1 is 1.60 bits per heavy atom. The second-order valence-corrected chi connectivity index (χ2v) is 5.43. The first-order valence-corrected chi connectivity index (χ1v) is 6.50. The molecule has 6 nitrogen and oxygen atoms in total. The first-order chi connectivity index (χ1) is 6.96. The van der Waals surface area contributed by atoms with Crippen molar-refractivity contribution in [1.29, 1.82) is 0 Å². The van der Waals surface area contributed by atoms with Gasteiger partial charge in [0.15, 0.2) is 0 Å². The van der Waals surface area contributed by atoms with Crippen LogP contribution in [0, 0.1) is 0 Å². The molecule has 0 aromatic heterocycles. The van der Waals surface area contributed by atoms with Gasteiger partial charge in [0.05, 0.1) is 0 Å². The molecule has 1 heterocycles. The maximum atomic E-state index is 11.0. The third-order valence-electron chi connectivity index (χ3n) is 2.76. The number of aliphatic hydroxyl groups excluding tert-OH is 1. The summed E-state index contributed by atoms with van der Waals surface area (Å²) in [7, 11) is -4.04. The molecule has 1 aliphatic heterocycles. The molecule has 0 aliphatic carbocycles. The zero-order chi connectivity index (χ0) is 11.5. The van der Waals surface area contributed by atoms with Crippen LogP contribution in [0.1, 0.15) is 13.3 Å². The summed E-state index contributed by atoms with van der Waals surface area (Å²) in [5.41, 5.74) is 0. The SMILES string of the molecule is CC(N1CCNCC1CCO)S(=O)(=O)O. The molecule has 3 N–H and O–H groups in total. The van der Waals surface area contributed by atoms with E-state index in [-0.39, 0.29) is 12.6 Å². The van der Waals surface area contributed by atoms with Gasteiger partial charge in [-0.15, -0.1) is 0 Å². The highest BCUT2D eigenvalue weighted by atomic mass is 32.2. The molecule has 1 fully saturated rings. The van der Waals surface area contributed by atoms with Crippen molar-refractivity contribution in [2.75, 3.05) is 26.2 Å². The van der Waals surface area contributed by atoms with Crippen LogP contribution in [-0.2, 0) is 10.1 Å². The maximum absolute atomic E-state index is 11.0. The van der Waals surface area contributed by atoms with Gasteiger partial charge >= 0.3 is 0 Å². The van der Waals surface area contributed by atoms with Crippen LogP contribution < -0.4 is 5.32 Å². The molecule has 15 heavy (non-hydrogen) atoms. The van der Waals surface area contributed by atoms with E-state index in [0.717, 1.165) is 0 Å². The van der Waals surface area contributed by atoms with Gasteiger partial charge in [0.2, 0.25) is 0 Å². The lowest BCUT2D eigenvalue weighted by atomic mass is 10.1. The summed E-state index contributed by atoms with van der Waals surface area (Å²) in [4.78, 5) is 1.71. The molecular weight excluding hydrogens is 220 g/mol. The van der Waals surface area contributed by atoms with Gasteiger partial charge in [-0.2, -0.15) is 8.42 Å². The number of hydrogen-bond donors (Lipinski definition) is 3. The largest absolute Gasteiger partial charge is 0.396 e. The maximum Gasteiger partial charge on any atom is 0.280 e. The van der Waals surface area contributed by atoms with Crippen molar-refractivity contribution >= 4 is 10.1 Å². The Labute approximate surface area is 90.0 Å². The number of nitrogens with one attached hydrogen (secondary N) is 1. The van der Waals surface area contributed by atoms with Crippen LogP contribution in [0.15, 0.2) is 0 Å². The van der Waals surface area contributed by atoms with Gasteiger partial charge < -0.3 is 10.4 Å². The van der Waals surface area contributed by atoms with Crippen LogP contribution >= 0.6 is 0 Å². The summed E-state index contributed by atoms with van der Waals surface area (Å²) in [6, 6.07) is -0.0410. The van der Waals surface area contributed by atoms with Gasteiger partial charge in [-0.05, 0) is 13.3 Å². The van der Waals surface area contributed by atoms with E-state index in [1.807, 2.05) is 0 Å². The number of piperazine rings is 1. The number of rotatable bonds is 4. The topological polar surface area (TPSA) is 89.9 Å². The molecule has 7 heteroatoms. The van der Waals surface area contributed by atoms with E-state index in [9.17, 15) is 8.42 Å². The molecule has 1 rings (SSSR count). The molecule has 1 aliphatic rings. The van der Waals surface area contributed by atoms with Crippen molar-refractivity contribution in [3.8, 4) is 0 Å². The van der Waals surface area contributed by atoms with Crippen LogP contribution in [0.4, 0.5) is 0 Å². The normalized spacial score (nSPS) is 26.5. The number of nitrogens with zero attached hydrogens (tertiary/aromatic N) is 1. The third kappa shape index (κ3) is 3.39. The highest BCUT2D eigenvalue weighted by Gasteiger charge is 2.32. The van der Waals surface area contributed by atoms with Gasteiger partial charge in [-0.3, -0.25) is 9.45 Å². The van der Waals surface area contributed by atoms with Crippen molar-refractivity contribution in [2.24, 2.45) is 0 Å². The quantitative estimate of drug-likeness (QED) is 0.537. The van der Waals surface area contributed by atoms with Crippen LogP contribution in [0.5, 0.6) is 0 Å². The van der Waals surface area contributed by atoms with E-state index in [1.54, 1.807) is 4.90 Å². The summed E-state index contributed by atoms with van der Waals surface area (Å²) >= 11 is 0. The van der Waals surface area contributed by atoms with Gasteiger partial charge in [-0.25, -0.2) is 0 Å². The van der Waals surface area contributed by atoms with Crippen molar-refractivity contribution in [3.63, 3.8) is 0 Å². The van der Waals surface area contributed by atoms with E-state index in [2.05, 4.69) is 5.32 Å². The lowest BCUT2D eigenvalue weighted by Gasteiger charge is -2.38. The van der Waals surface area contributed by atoms with Gasteiger partial charge in [0.25, 0.3) is 10.1 Å². The van der Waals surface area contributed by atoms with Crippen molar-refractivity contribution in [2.45, 2.75) is 24.8 Å². The minimum absolute atomic E-state index is 0.0149. The summed E-state index contributed by atoms with van der Waals surface area (Å²) in [6.07, 6.45) is 0.507. The molecule has 2 unspecified atom stereocenters. The van der Waals surface area contributed by atoms with E-state index >= 15 is 0 Å². The summed E-state index contributed by atoms with van der Waals surface area (Å²) in [6.45, 7) is 3.37. The third-order valence-corrected chi connectivity index (χ3v) is 3.89. The predicted octanol–water partition coefficient (Wildman–Crippen LogP) is -1.12. The molecule has 1 saturated heterocycles. The number of hydrogen-bond acceptors (Lipinski definition) is 5. The molecule has 0 saturated carbocycles. The van der Waals surface area contributed by atoms with E-state index in [4.69, 9.17) is 9.66 Å². The first kappa shape index (κ1) is 12.9. The Morgan fingerprint density at radius 2 is 2.27 bits per heavy atom. The van der Waals surface area contributed by atoms with Gasteiger partial charge in [0, 0.05) is 32.3 Å². The van der Waals surface area contributed by atoms with Gasteiger partial charge in [-0.1, -0.05) is 0 Å². The molecule has 0 aromatic carbocycles. The van der Waals surface area contributed by atoms with E-state index < -0.39 is 15.5 Å². The fourth-order valence-corrected chi connectivity index (χ4v) is 2.46. The Morgan fingerprint density at radius 3 is 2.80 bits per heavy atom. The van der Waals surface area contributed by atoms with Gasteiger partial charge in [0.1, 0.15) is 5.37 Å². The van der Waals surface area contributed by atoms with Crippen molar-refractivity contribution < 1.29 is 18.1 Å². The van der Waals surface area contributed by atoms with E-state index in [0.29, 0.717) is 26.1 Å². The average molecular weight is 238 g/mol. The second-order valence-electron chi connectivity index (χ2n) is 3.72. The Bertz CT molecular complexity index is 291. The highest BCUT2D eigenvalue weighted by molar-refractivity contribution is 7.86. The molecular formula is C8H18N2O4S. The Balaban J connectivity index is 2.71.